The Morgan fingerprint density at radius 2 is 1.95 bits per heavy atom. The van der Waals surface area contributed by atoms with Crippen molar-refractivity contribution in [2.24, 2.45) is 0 Å². The molecule has 0 N–H and O–H groups in total. The first kappa shape index (κ1) is 15.8. The van der Waals surface area contributed by atoms with Crippen molar-refractivity contribution < 1.29 is 19.1 Å². The first-order chi connectivity index (χ1) is 9.31. The molecule has 0 aliphatic carbocycles. The van der Waals surface area contributed by atoms with E-state index in [0.29, 0.717) is 11.1 Å². The van der Waals surface area contributed by atoms with Gasteiger partial charge in [-0.05, 0) is 45.9 Å². The predicted molar refractivity (Wildman–Crippen MR) is 75.1 cm³/mol. The Labute approximate surface area is 119 Å². The lowest BCUT2D eigenvalue weighted by atomic mass is 10.1. The van der Waals surface area contributed by atoms with Crippen LogP contribution >= 0.6 is 0 Å². The normalized spacial score (nSPS) is 10.2. The summed E-state index contributed by atoms with van der Waals surface area (Å²) in [5, 5.41) is 0. The molecule has 0 atom stereocenters. The molecule has 0 fully saturated rings. The van der Waals surface area contributed by atoms with Crippen LogP contribution in [0.2, 0.25) is 0 Å². The number of hydrogen-bond acceptors (Lipinski definition) is 4. The molecule has 1 aromatic rings. The van der Waals surface area contributed by atoms with E-state index in [9.17, 15) is 9.59 Å². The van der Waals surface area contributed by atoms with Gasteiger partial charge < -0.3 is 9.47 Å². The molecule has 0 aliphatic rings. The molecular weight excluding hydrogens is 256 g/mol. The lowest BCUT2D eigenvalue weighted by Gasteiger charge is -2.19. The lowest BCUT2D eigenvalue weighted by molar-refractivity contribution is -0.136. The smallest absolute Gasteiger partial charge is 0.384 e. The third-order valence-corrected chi connectivity index (χ3v) is 2.08. The van der Waals surface area contributed by atoms with E-state index in [1.54, 1.807) is 52.0 Å². The van der Waals surface area contributed by atoms with E-state index in [-0.39, 0.29) is 6.61 Å². The van der Waals surface area contributed by atoms with E-state index < -0.39 is 17.5 Å². The summed E-state index contributed by atoms with van der Waals surface area (Å²) in [5.41, 5.74) is 0.404. The van der Waals surface area contributed by atoms with E-state index in [1.807, 2.05) is 0 Å². The fourth-order valence-electron chi connectivity index (χ4n) is 1.35. The minimum absolute atomic E-state index is 0.283. The second-order valence-electron chi connectivity index (χ2n) is 5.05. The van der Waals surface area contributed by atoms with Gasteiger partial charge in [-0.2, -0.15) is 0 Å². The van der Waals surface area contributed by atoms with Crippen LogP contribution in [0.5, 0.6) is 0 Å². The van der Waals surface area contributed by atoms with Crippen LogP contribution in [0.1, 0.15) is 43.6 Å². The van der Waals surface area contributed by atoms with Gasteiger partial charge in [0.25, 0.3) is 0 Å². The van der Waals surface area contributed by atoms with Gasteiger partial charge in [0.1, 0.15) is 5.60 Å². The molecular formula is C16H18O4. The van der Waals surface area contributed by atoms with Crippen molar-refractivity contribution in [3.63, 3.8) is 0 Å². The fraction of sp³-hybridized carbons (Fsp3) is 0.375. The number of carbonyl (C=O) groups is 2. The summed E-state index contributed by atoms with van der Waals surface area (Å²) in [6.45, 7) is 7.40. The maximum atomic E-state index is 11.9. The highest BCUT2D eigenvalue weighted by atomic mass is 16.6. The summed E-state index contributed by atoms with van der Waals surface area (Å²) in [6.07, 6.45) is 0. The average molecular weight is 274 g/mol. The summed E-state index contributed by atoms with van der Waals surface area (Å²) < 4.78 is 9.97. The number of carbonyl (C=O) groups excluding carboxylic acids is 2. The highest BCUT2D eigenvalue weighted by Gasteiger charge is 2.17. The Morgan fingerprint density at radius 3 is 2.55 bits per heavy atom. The molecule has 0 aliphatic heterocycles. The van der Waals surface area contributed by atoms with Crippen molar-refractivity contribution >= 4 is 11.9 Å². The van der Waals surface area contributed by atoms with Gasteiger partial charge in [-0.15, -0.1) is 0 Å². The highest BCUT2D eigenvalue weighted by molar-refractivity contribution is 5.91. The van der Waals surface area contributed by atoms with Crippen molar-refractivity contribution in [1.29, 1.82) is 0 Å². The van der Waals surface area contributed by atoms with Crippen molar-refractivity contribution in [1.82, 2.24) is 0 Å². The third kappa shape index (κ3) is 5.57. The summed E-state index contributed by atoms with van der Waals surface area (Å²) in [6, 6.07) is 6.62. The second-order valence-corrected chi connectivity index (χ2v) is 5.05. The maximum Gasteiger partial charge on any atom is 0.384 e. The minimum atomic E-state index is -0.588. The molecule has 0 saturated carbocycles. The standard InChI is InChI=1S/C16H18O4/c1-5-19-14(17)10-9-12-7-6-8-13(11-12)15(18)20-16(2,3)4/h6-8,11H,5H2,1-4H3. The van der Waals surface area contributed by atoms with E-state index in [0.717, 1.165) is 0 Å². The van der Waals surface area contributed by atoms with E-state index in [4.69, 9.17) is 9.47 Å². The summed E-state index contributed by atoms with van der Waals surface area (Å²) >= 11 is 0. The molecule has 0 saturated heterocycles. The Morgan fingerprint density at radius 1 is 1.25 bits per heavy atom. The van der Waals surface area contributed by atoms with Crippen LogP contribution in [-0.2, 0) is 14.3 Å². The number of hydrogen-bond donors (Lipinski definition) is 0. The molecule has 20 heavy (non-hydrogen) atoms. The average Bonchev–Trinajstić information content (AvgIpc) is 2.35. The van der Waals surface area contributed by atoms with E-state index >= 15 is 0 Å². The van der Waals surface area contributed by atoms with Crippen LogP contribution < -0.4 is 0 Å². The van der Waals surface area contributed by atoms with Crippen molar-refractivity contribution in [2.75, 3.05) is 6.61 Å². The van der Waals surface area contributed by atoms with Crippen LogP contribution in [-0.4, -0.2) is 24.1 Å². The molecule has 0 amide bonds. The monoisotopic (exact) mass is 274 g/mol. The predicted octanol–water partition coefficient (Wildman–Crippen LogP) is 2.56. The second kappa shape index (κ2) is 6.76. The highest BCUT2D eigenvalue weighted by Crippen LogP contribution is 2.13. The van der Waals surface area contributed by atoms with Gasteiger partial charge in [-0.3, -0.25) is 0 Å². The van der Waals surface area contributed by atoms with Crippen LogP contribution in [0.15, 0.2) is 24.3 Å². The first-order valence-electron chi connectivity index (χ1n) is 6.34. The number of benzene rings is 1. The molecule has 4 heteroatoms. The molecule has 0 unspecified atom stereocenters. The molecule has 0 radical (unpaired) electrons. The molecule has 1 aromatic carbocycles. The van der Waals surface area contributed by atoms with Gasteiger partial charge in [0, 0.05) is 11.5 Å². The molecule has 1 rings (SSSR count). The zero-order chi connectivity index (χ0) is 15.2. The van der Waals surface area contributed by atoms with Crippen LogP contribution in [0, 0.1) is 11.8 Å². The molecule has 0 bridgehead atoms. The fourth-order valence-corrected chi connectivity index (χ4v) is 1.35. The number of ether oxygens (including phenoxy) is 2. The number of esters is 2. The third-order valence-electron chi connectivity index (χ3n) is 2.08. The van der Waals surface area contributed by atoms with Gasteiger partial charge in [-0.25, -0.2) is 9.59 Å². The lowest BCUT2D eigenvalue weighted by Crippen LogP contribution is -2.23. The Balaban J connectivity index is 2.86. The molecule has 4 nitrogen and oxygen atoms in total. The summed E-state index contributed by atoms with van der Waals surface area (Å²) in [7, 11) is 0. The SMILES string of the molecule is CCOC(=O)C#Cc1cccc(C(=O)OC(C)(C)C)c1. The van der Waals surface area contributed by atoms with Gasteiger partial charge >= 0.3 is 11.9 Å². The van der Waals surface area contributed by atoms with Crippen LogP contribution in [0.4, 0.5) is 0 Å². The van der Waals surface area contributed by atoms with E-state index in [2.05, 4.69) is 11.8 Å². The minimum Gasteiger partial charge on any atom is -0.456 e. The van der Waals surface area contributed by atoms with Gasteiger partial charge in [0.2, 0.25) is 0 Å². The van der Waals surface area contributed by atoms with Crippen molar-refractivity contribution in [3.05, 3.63) is 35.4 Å². The summed E-state index contributed by atoms with van der Waals surface area (Å²) in [5.74, 6) is 4.00. The number of rotatable bonds is 2. The van der Waals surface area contributed by atoms with Crippen molar-refractivity contribution in [2.45, 2.75) is 33.3 Å². The topological polar surface area (TPSA) is 52.6 Å². The zero-order valence-electron chi connectivity index (χ0n) is 12.1. The maximum absolute atomic E-state index is 11.9. The van der Waals surface area contributed by atoms with E-state index in [1.165, 1.54) is 0 Å². The quantitative estimate of drug-likeness (QED) is 0.614. The largest absolute Gasteiger partial charge is 0.456 e. The summed E-state index contributed by atoms with van der Waals surface area (Å²) in [4.78, 5) is 23.0. The first-order valence-corrected chi connectivity index (χ1v) is 6.34. The zero-order valence-corrected chi connectivity index (χ0v) is 12.1. The van der Waals surface area contributed by atoms with Crippen LogP contribution in [0.3, 0.4) is 0 Å². The molecule has 106 valence electrons. The van der Waals surface area contributed by atoms with Gasteiger partial charge in [0.15, 0.2) is 0 Å². The Kier molecular flexibility index (Phi) is 5.33. The van der Waals surface area contributed by atoms with Crippen LogP contribution in [0.25, 0.3) is 0 Å². The molecule has 0 aromatic heterocycles. The van der Waals surface area contributed by atoms with Gasteiger partial charge in [-0.1, -0.05) is 12.0 Å². The molecule has 0 spiro atoms. The Hall–Kier alpha value is -2.28. The Bertz CT molecular complexity index is 556. The molecule has 0 heterocycles. The van der Waals surface area contributed by atoms with Crippen molar-refractivity contribution in [3.8, 4) is 11.8 Å². The van der Waals surface area contributed by atoms with Gasteiger partial charge in [0.05, 0.1) is 12.2 Å².